The molecule has 2 unspecified atom stereocenters. The number of furan rings is 1. The molecule has 0 bridgehead atoms. The van der Waals surface area contributed by atoms with E-state index in [9.17, 15) is 15.2 Å². The van der Waals surface area contributed by atoms with Crippen molar-refractivity contribution in [1.82, 2.24) is 14.7 Å². The standard InChI is InChI=1S/C17H24N4O4/c1-13-6-7-17(25-13)16-5-3-2-4-8-19(16)11-15(22)12-20-10-14(9-18-20)21(23)24/h6-7,9-10,15-16,22H,2-5,8,11-12H2,1H3. The lowest BCUT2D eigenvalue weighted by atomic mass is 10.1. The molecule has 0 aromatic carbocycles. The third kappa shape index (κ3) is 4.46. The number of aliphatic hydroxyl groups excluding tert-OH is 1. The molecule has 1 N–H and O–H groups in total. The first kappa shape index (κ1) is 17.6. The summed E-state index contributed by atoms with van der Waals surface area (Å²) in [6, 6.07) is 4.15. The first-order chi connectivity index (χ1) is 12.0. The summed E-state index contributed by atoms with van der Waals surface area (Å²) in [6.45, 7) is 3.55. The van der Waals surface area contributed by atoms with Gasteiger partial charge in [-0.15, -0.1) is 0 Å². The minimum Gasteiger partial charge on any atom is -0.465 e. The average Bonchev–Trinajstić information content (AvgIpc) is 3.13. The van der Waals surface area contributed by atoms with Crippen LogP contribution >= 0.6 is 0 Å². The molecule has 1 aliphatic heterocycles. The van der Waals surface area contributed by atoms with Crippen LogP contribution in [0.1, 0.15) is 43.2 Å². The van der Waals surface area contributed by atoms with E-state index in [2.05, 4.69) is 10.00 Å². The first-order valence-corrected chi connectivity index (χ1v) is 8.68. The highest BCUT2D eigenvalue weighted by Gasteiger charge is 2.27. The number of aryl methyl sites for hydroxylation is 1. The van der Waals surface area contributed by atoms with E-state index in [0.717, 1.165) is 37.3 Å². The van der Waals surface area contributed by atoms with E-state index in [1.165, 1.54) is 23.5 Å². The van der Waals surface area contributed by atoms with Crippen molar-refractivity contribution in [3.05, 3.63) is 46.2 Å². The van der Waals surface area contributed by atoms with Crippen LogP contribution in [0.25, 0.3) is 0 Å². The maximum absolute atomic E-state index is 10.7. The molecular formula is C17H24N4O4. The smallest absolute Gasteiger partial charge is 0.306 e. The van der Waals surface area contributed by atoms with Crippen molar-refractivity contribution in [3.8, 4) is 0 Å². The van der Waals surface area contributed by atoms with Crippen molar-refractivity contribution >= 4 is 5.69 Å². The number of aliphatic hydroxyl groups is 1. The van der Waals surface area contributed by atoms with Crippen LogP contribution in [0.15, 0.2) is 28.9 Å². The summed E-state index contributed by atoms with van der Waals surface area (Å²) in [5.74, 6) is 1.84. The Bertz CT molecular complexity index is 711. The molecule has 0 amide bonds. The number of hydrogen-bond acceptors (Lipinski definition) is 6. The molecule has 0 radical (unpaired) electrons. The molecule has 8 nitrogen and oxygen atoms in total. The van der Waals surface area contributed by atoms with E-state index in [4.69, 9.17) is 4.42 Å². The molecule has 8 heteroatoms. The second kappa shape index (κ2) is 7.79. The number of nitrogens with zero attached hydrogens (tertiary/aromatic N) is 4. The van der Waals surface area contributed by atoms with Crippen LogP contribution in [0, 0.1) is 17.0 Å². The van der Waals surface area contributed by atoms with Gasteiger partial charge in [-0.05, 0) is 38.4 Å². The minimum absolute atomic E-state index is 0.0640. The van der Waals surface area contributed by atoms with Crippen LogP contribution in [-0.4, -0.2) is 43.9 Å². The number of hydrogen-bond donors (Lipinski definition) is 1. The fourth-order valence-corrected chi connectivity index (χ4v) is 3.43. The van der Waals surface area contributed by atoms with Crippen molar-refractivity contribution in [2.24, 2.45) is 0 Å². The van der Waals surface area contributed by atoms with Gasteiger partial charge in [0.05, 0.1) is 23.6 Å². The molecule has 3 heterocycles. The van der Waals surface area contributed by atoms with Crippen molar-refractivity contribution in [2.75, 3.05) is 13.1 Å². The zero-order valence-corrected chi connectivity index (χ0v) is 14.4. The van der Waals surface area contributed by atoms with Gasteiger partial charge < -0.3 is 9.52 Å². The SMILES string of the molecule is Cc1ccc(C2CCCCCN2CC(O)Cn2cc([N+](=O)[O-])cn2)o1. The molecule has 2 atom stereocenters. The Morgan fingerprint density at radius 1 is 1.40 bits per heavy atom. The summed E-state index contributed by atoms with van der Waals surface area (Å²) in [5, 5.41) is 25.1. The minimum atomic E-state index is -0.656. The normalized spacial score (nSPS) is 20.3. The molecular weight excluding hydrogens is 324 g/mol. The maximum atomic E-state index is 10.7. The van der Waals surface area contributed by atoms with E-state index in [0.29, 0.717) is 6.54 Å². The van der Waals surface area contributed by atoms with Crippen LogP contribution in [-0.2, 0) is 6.54 Å². The highest BCUT2D eigenvalue weighted by molar-refractivity contribution is 5.20. The lowest BCUT2D eigenvalue weighted by Gasteiger charge is -2.30. The number of aromatic nitrogens is 2. The summed E-state index contributed by atoms with van der Waals surface area (Å²) in [7, 11) is 0. The van der Waals surface area contributed by atoms with Gasteiger partial charge in [-0.3, -0.25) is 19.7 Å². The van der Waals surface area contributed by atoms with Gasteiger partial charge >= 0.3 is 5.69 Å². The molecule has 1 fully saturated rings. The van der Waals surface area contributed by atoms with Gasteiger partial charge in [-0.25, -0.2) is 0 Å². The summed E-state index contributed by atoms with van der Waals surface area (Å²) in [4.78, 5) is 12.5. The maximum Gasteiger partial charge on any atom is 0.306 e. The summed E-state index contributed by atoms with van der Waals surface area (Å²) < 4.78 is 7.25. The monoisotopic (exact) mass is 348 g/mol. The molecule has 2 aromatic heterocycles. The Morgan fingerprint density at radius 2 is 2.24 bits per heavy atom. The van der Waals surface area contributed by atoms with Crippen molar-refractivity contribution in [1.29, 1.82) is 0 Å². The number of rotatable bonds is 6. The zero-order valence-electron chi connectivity index (χ0n) is 14.4. The number of likely N-dealkylation sites (tertiary alicyclic amines) is 1. The van der Waals surface area contributed by atoms with E-state index >= 15 is 0 Å². The quantitative estimate of drug-likeness (QED) is 0.637. The van der Waals surface area contributed by atoms with Crippen LogP contribution in [0.3, 0.4) is 0 Å². The molecule has 3 rings (SSSR count). The van der Waals surface area contributed by atoms with Gasteiger partial charge in [0.1, 0.15) is 23.9 Å². The molecule has 1 saturated heterocycles. The number of nitro groups is 1. The van der Waals surface area contributed by atoms with E-state index in [1.807, 2.05) is 19.1 Å². The molecule has 136 valence electrons. The van der Waals surface area contributed by atoms with Crippen LogP contribution in [0.5, 0.6) is 0 Å². The molecule has 2 aromatic rings. The largest absolute Gasteiger partial charge is 0.465 e. The van der Waals surface area contributed by atoms with Crippen LogP contribution in [0.4, 0.5) is 5.69 Å². The van der Waals surface area contributed by atoms with Crippen LogP contribution in [0.2, 0.25) is 0 Å². The fourth-order valence-electron chi connectivity index (χ4n) is 3.43. The summed E-state index contributed by atoms with van der Waals surface area (Å²) >= 11 is 0. The second-order valence-electron chi connectivity index (χ2n) is 6.64. The Balaban J connectivity index is 1.65. The van der Waals surface area contributed by atoms with Crippen molar-refractivity contribution < 1.29 is 14.4 Å². The Hall–Kier alpha value is -2.19. The van der Waals surface area contributed by atoms with Gasteiger partial charge in [0.15, 0.2) is 0 Å². The lowest BCUT2D eigenvalue weighted by Crippen LogP contribution is -2.37. The molecule has 0 aliphatic carbocycles. The predicted octanol–water partition coefficient (Wildman–Crippen LogP) is 2.67. The fraction of sp³-hybridized carbons (Fsp3) is 0.588. The molecule has 1 aliphatic rings. The van der Waals surface area contributed by atoms with E-state index < -0.39 is 11.0 Å². The van der Waals surface area contributed by atoms with Gasteiger partial charge in [0.2, 0.25) is 0 Å². The van der Waals surface area contributed by atoms with E-state index in [-0.39, 0.29) is 18.3 Å². The molecule has 0 spiro atoms. The first-order valence-electron chi connectivity index (χ1n) is 8.68. The Kier molecular flexibility index (Phi) is 5.50. The lowest BCUT2D eigenvalue weighted by molar-refractivity contribution is -0.385. The third-order valence-electron chi connectivity index (χ3n) is 4.63. The number of β-amino-alcohol motifs (C(OH)–C–C–N with tert-alkyl or cyclic N) is 1. The zero-order chi connectivity index (χ0) is 17.8. The van der Waals surface area contributed by atoms with Gasteiger partial charge in [0, 0.05) is 6.54 Å². The Labute approximate surface area is 146 Å². The van der Waals surface area contributed by atoms with Gasteiger partial charge in [0.25, 0.3) is 0 Å². The summed E-state index contributed by atoms with van der Waals surface area (Å²) in [6.07, 6.45) is 6.31. The summed E-state index contributed by atoms with van der Waals surface area (Å²) in [5.41, 5.74) is -0.0640. The van der Waals surface area contributed by atoms with E-state index in [1.54, 1.807) is 0 Å². The second-order valence-corrected chi connectivity index (χ2v) is 6.64. The highest BCUT2D eigenvalue weighted by Crippen LogP contribution is 2.31. The average molecular weight is 348 g/mol. The van der Waals surface area contributed by atoms with Gasteiger partial charge in [-0.2, -0.15) is 5.10 Å². The van der Waals surface area contributed by atoms with Crippen molar-refractivity contribution in [3.63, 3.8) is 0 Å². The third-order valence-corrected chi connectivity index (χ3v) is 4.63. The molecule has 0 saturated carbocycles. The van der Waals surface area contributed by atoms with Crippen molar-refractivity contribution in [2.45, 2.75) is 51.3 Å². The predicted molar refractivity (Wildman–Crippen MR) is 91.1 cm³/mol. The topological polar surface area (TPSA) is 97.6 Å². The Morgan fingerprint density at radius 3 is 2.92 bits per heavy atom. The molecule has 25 heavy (non-hydrogen) atoms. The van der Waals surface area contributed by atoms with Crippen LogP contribution < -0.4 is 0 Å². The highest BCUT2D eigenvalue weighted by atomic mass is 16.6. The van der Waals surface area contributed by atoms with Gasteiger partial charge in [-0.1, -0.05) is 12.8 Å².